The number of nitrogens with two attached hydrogens (primary N) is 1. The number of phenolic OH excluding ortho intramolecular Hbond substituents is 1. The molecule has 1 amide bonds. The summed E-state index contributed by atoms with van der Waals surface area (Å²) in [7, 11) is 0. The maximum absolute atomic E-state index is 14.2. The number of carbonyl (C=O) groups is 1. The molecule has 2 aromatic heterocycles. The van der Waals surface area contributed by atoms with Crippen molar-refractivity contribution in [1.82, 2.24) is 14.1 Å². The molecule has 0 bridgehead atoms. The molecule has 5 rings (SSSR count). The quantitative estimate of drug-likeness (QED) is 0.356. The van der Waals surface area contributed by atoms with Crippen LogP contribution >= 0.6 is 0 Å². The summed E-state index contributed by atoms with van der Waals surface area (Å²) in [4.78, 5) is 16.0. The predicted octanol–water partition coefficient (Wildman–Crippen LogP) is 5.56. The third-order valence-electron chi connectivity index (χ3n) is 6.14. The number of carbonyl (C=O) groups excluding carboxylic acids is 1. The number of nitrogens with zero attached hydrogens (tertiary/aromatic N) is 3. The van der Waals surface area contributed by atoms with Crippen LogP contribution in [0.15, 0.2) is 85.3 Å². The molecule has 0 atom stereocenters. The molecular weight excluding hydrogens is 443 g/mol. The lowest BCUT2D eigenvalue weighted by atomic mass is 9.96. The van der Waals surface area contributed by atoms with Gasteiger partial charge in [-0.25, -0.2) is 9.37 Å². The highest BCUT2D eigenvalue weighted by atomic mass is 19.1. The second-order valence-electron chi connectivity index (χ2n) is 8.37. The third kappa shape index (κ3) is 3.97. The van der Waals surface area contributed by atoms with E-state index in [0.29, 0.717) is 11.3 Å². The average Bonchev–Trinajstić information content (AvgIpc) is 3.47. The van der Waals surface area contributed by atoms with Crippen molar-refractivity contribution in [2.24, 2.45) is 5.73 Å². The Hall–Kier alpha value is -4.65. The summed E-state index contributed by atoms with van der Waals surface area (Å²) in [6, 6.07) is 19.6. The zero-order valence-corrected chi connectivity index (χ0v) is 19.2. The number of aryl methyl sites for hydroxylation is 2. The highest BCUT2D eigenvalue weighted by Crippen LogP contribution is 2.38. The monoisotopic (exact) mass is 466 g/mol. The number of phenols is 1. The van der Waals surface area contributed by atoms with Crippen LogP contribution in [0.2, 0.25) is 0 Å². The fourth-order valence-electron chi connectivity index (χ4n) is 4.34. The fraction of sp³-hybridized carbons (Fsp3) is 0.0714. The number of hydrogen-bond acceptors (Lipinski definition) is 3. The smallest absolute Gasteiger partial charge is 0.248 e. The Labute approximate surface area is 201 Å². The van der Waals surface area contributed by atoms with Crippen LogP contribution < -0.4 is 5.73 Å². The van der Waals surface area contributed by atoms with Gasteiger partial charge in [0.2, 0.25) is 5.91 Å². The zero-order chi connectivity index (χ0) is 24.7. The van der Waals surface area contributed by atoms with E-state index in [1.165, 1.54) is 12.1 Å². The minimum Gasteiger partial charge on any atom is -0.505 e. The lowest BCUT2D eigenvalue weighted by Gasteiger charge is -2.16. The summed E-state index contributed by atoms with van der Waals surface area (Å²) in [5.41, 5.74) is 11.9. The molecule has 7 heteroatoms. The van der Waals surface area contributed by atoms with Crippen molar-refractivity contribution >= 4 is 5.91 Å². The van der Waals surface area contributed by atoms with E-state index in [1.54, 1.807) is 24.4 Å². The maximum atomic E-state index is 14.2. The zero-order valence-electron chi connectivity index (χ0n) is 19.2. The number of aromatic hydroxyl groups is 1. The average molecular weight is 467 g/mol. The van der Waals surface area contributed by atoms with Gasteiger partial charge >= 0.3 is 0 Å². The number of amides is 1. The van der Waals surface area contributed by atoms with E-state index in [2.05, 4.69) is 4.98 Å². The molecule has 5 aromatic rings. The molecular formula is C28H23FN4O2. The van der Waals surface area contributed by atoms with Gasteiger partial charge in [0.05, 0.1) is 5.69 Å². The number of hydrogen-bond donors (Lipinski definition) is 2. The molecule has 0 unspecified atom stereocenters. The van der Waals surface area contributed by atoms with Crippen LogP contribution in [0.25, 0.3) is 33.8 Å². The number of primary amides is 1. The Balaban J connectivity index is 1.69. The van der Waals surface area contributed by atoms with E-state index < -0.39 is 17.5 Å². The molecule has 0 aliphatic heterocycles. The first-order valence-electron chi connectivity index (χ1n) is 11.1. The van der Waals surface area contributed by atoms with Crippen molar-refractivity contribution in [1.29, 1.82) is 0 Å². The Morgan fingerprint density at radius 1 is 0.886 bits per heavy atom. The number of aromatic nitrogens is 3. The normalized spacial score (nSPS) is 11.1. The molecule has 0 aliphatic rings. The molecule has 3 N–H and O–H groups in total. The van der Waals surface area contributed by atoms with Crippen molar-refractivity contribution in [3.8, 4) is 39.5 Å². The summed E-state index contributed by atoms with van der Waals surface area (Å²) in [6.07, 6.45) is 5.54. The van der Waals surface area contributed by atoms with Crippen LogP contribution in [0.5, 0.6) is 5.75 Å². The summed E-state index contributed by atoms with van der Waals surface area (Å²) < 4.78 is 18.1. The third-order valence-corrected chi connectivity index (χ3v) is 6.14. The summed E-state index contributed by atoms with van der Waals surface area (Å²) >= 11 is 0. The molecule has 35 heavy (non-hydrogen) atoms. The molecule has 0 aliphatic carbocycles. The first kappa shape index (κ1) is 22.2. The van der Waals surface area contributed by atoms with Gasteiger partial charge in [0.25, 0.3) is 0 Å². The second-order valence-corrected chi connectivity index (χ2v) is 8.37. The van der Waals surface area contributed by atoms with Crippen LogP contribution in [-0.2, 0) is 0 Å². The van der Waals surface area contributed by atoms with Gasteiger partial charge in [0, 0.05) is 52.7 Å². The van der Waals surface area contributed by atoms with Crippen molar-refractivity contribution in [3.05, 3.63) is 108 Å². The van der Waals surface area contributed by atoms with Gasteiger partial charge in [0.15, 0.2) is 11.6 Å². The number of benzene rings is 3. The van der Waals surface area contributed by atoms with E-state index in [-0.39, 0.29) is 0 Å². The van der Waals surface area contributed by atoms with E-state index in [0.717, 1.165) is 39.5 Å². The Morgan fingerprint density at radius 3 is 2.26 bits per heavy atom. The largest absolute Gasteiger partial charge is 0.505 e. The van der Waals surface area contributed by atoms with Gasteiger partial charge in [-0.15, -0.1) is 0 Å². The van der Waals surface area contributed by atoms with Gasteiger partial charge < -0.3 is 20.0 Å². The Kier molecular flexibility index (Phi) is 5.45. The van der Waals surface area contributed by atoms with Gasteiger partial charge in [-0.1, -0.05) is 18.2 Å². The van der Waals surface area contributed by atoms with Crippen molar-refractivity contribution in [2.45, 2.75) is 13.8 Å². The van der Waals surface area contributed by atoms with Crippen LogP contribution in [0.1, 0.15) is 21.7 Å². The summed E-state index contributed by atoms with van der Waals surface area (Å²) in [5.74, 6) is -0.718. The van der Waals surface area contributed by atoms with Gasteiger partial charge in [-0.3, -0.25) is 4.79 Å². The highest BCUT2D eigenvalue weighted by molar-refractivity contribution is 5.94. The minimum absolute atomic E-state index is 0.407. The number of rotatable bonds is 5. The SMILES string of the molecule is Cc1cc(C(N)=O)ccc1-c1c(-c2ccc(-n3ccnc3C)cc2)ccn1-c1ccc(O)c(F)c1. The Morgan fingerprint density at radius 2 is 1.63 bits per heavy atom. The molecule has 174 valence electrons. The highest BCUT2D eigenvalue weighted by Gasteiger charge is 2.18. The van der Waals surface area contributed by atoms with Gasteiger partial charge in [0.1, 0.15) is 5.82 Å². The van der Waals surface area contributed by atoms with Crippen LogP contribution in [0.3, 0.4) is 0 Å². The molecule has 0 radical (unpaired) electrons. The van der Waals surface area contributed by atoms with Crippen molar-refractivity contribution in [2.75, 3.05) is 0 Å². The standard InChI is InChI=1S/C28H23FN4O2/c1-17-15-20(28(30)35)5-9-23(17)27-24(11-13-33(27)22-8-10-26(34)25(29)16-22)19-3-6-21(7-4-19)32-14-12-31-18(32)2/h3-16,34H,1-2H3,(H2,30,35). The predicted molar refractivity (Wildman–Crippen MR) is 133 cm³/mol. The van der Waals surface area contributed by atoms with Gasteiger partial charge in [-0.05, 0) is 67.4 Å². The molecule has 0 spiro atoms. The lowest BCUT2D eigenvalue weighted by molar-refractivity contribution is 0.1000. The second kappa shape index (κ2) is 8.61. The topological polar surface area (TPSA) is 86.1 Å². The maximum Gasteiger partial charge on any atom is 0.248 e. The number of imidazole rings is 1. The van der Waals surface area contributed by atoms with Crippen LogP contribution in [0.4, 0.5) is 4.39 Å². The van der Waals surface area contributed by atoms with Gasteiger partial charge in [-0.2, -0.15) is 0 Å². The number of halogens is 1. The first-order chi connectivity index (χ1) is 16.8. The Bertz CT molecular complexity index is 1560. The van der Waals surface area contributed by atoms with Crippen molar-refractivity contribution in [3.63, 3.8) is 0 Å². The van der Waals surface area contributed by atoms with E-state index in [1.807, 2.05) is 71.8 Å². The molecule has 0 saturated heterocycles. The van der Waals surface area contributed by atoms with E-state index >= 15 is 0 Å². The lowest BCUT2D eigenvalue weighted by Crippen LogP contribution is -2.11. The summed E-state index contributed by atoms with van der Waals surface area (Å²) in [5, 5.41) is 9.68. The van der Waals surface area contributed by atoms with Crippen LogP contribution in [0, 0.1) is 19.7 Å². The van der Waals surface area contributed by atoms with Crippen molar-refractivity contribution < 1.29 is 14.3 Å². The molecule has 2 heterocycles. The summed E-state index contributed by atoms with van der Waals surface area (Å²) in [6.45, 7) is 3.85. The molecule has 0 fully saturated rings. The van der Waals surface area contributed by atoms with Crippen LogP contribution in [-0.4, -0.2) is 25.1 Å². The first-order valence-corrected chi connectivity index (χ1v) is 11.1. The molecule has 6 nitrogen and oxygen atoms in total. The van der Waals surface area contributed by atoms with E-state index in [4.69, 9.17) is 5.73 Å². The minimum atomic E-state index is -0.704. The molecule has 0 saturated carbocycles. The fourth-order valence-corrected chi connectivity index (χ4v) is 4.34. The van der Waals surface area contributed by atoms with E-state index in [9.17, 15) is 14.3 Å². The molecule has 3 aromatic carbocycles.